The molecule has 0 aliphatic carbocycles. The van der Waals surface area contributed by atoms with Gasteiger partial charge >= 0.3 is 0 Å². The molecule has 0 aliphatic heterocycles. The first-order valence-electron chi connectivity index (χ1n) is 5.47. The molecule has 1 aromatic rings. The van der Waals surface area contributed by atoms with E-state index >= 15 is 0 Å². The number of carbonyl (C=O) groups excluding carboxylic acids is 1. The van der Waals surface area contributed by atoms with Crippen LogP contribution in [0.15, 0.2) is 16.6 Å². The second-order valence-electron chi connectivity index (χ2n) is 4.38. The summed E-state index contributed by atoms with van der Waals surface area (Å²) in [4.78, 5) is 15.7. The monoisotopic (exact) mass is 317 g/mol. The number of benzene rings is 1. The first-order chi connectivity index (χ1) is 8.32. The number of hydrogen-bond acceptors (Lipinski definition) is 3. The van der Waals surface area contributed by atoms with Gasteiger partial charge in [0.1, 0.15) is 5.82 Å². The Hall–Kier alpha value is -1.14. The summed E-state index contributed by atoms with van der Waals surface area (Å²) in [5.74, 6) is -0.718. The maximum atomic E-state index is 13.2. The minimum absolute atomic E-state index is 0.0254. The fraction of sp³-hybridized carbons (Fsp3) is 0.417. The van der Waals surface area contributed by atoms with Gasteiger partial charge in [-0.25, -0.2) is 4.39 Å². The molecular formula is C12H17BrFN3O. The topological polar surface area (TPSA) is 49.6 Å². The number of nitrogens with two attached hydrogens (primary N) is 1. The molecule has 0 fully saturated rings. The Bertz CT molecular complexity index is 451. The van der Waals surface area contributed by atoms with Gasteiger partial charge in [0.15, 0.2) is 0 Å². The number of anilines is 1. The van der Waals surface area contributed by atoms with Crippen molar-refractivity contribution in [3.63, 3.8) is 0 Å². The molecule has 0 spiro atoms. The highest BCUT2D eigenvalue weighted by atomic mass is 79.9. The molecule has 18 heavy (non-hydrogen) atoms. The number of nitrogens with zero attached hydrogens (tertiary/aromatic N) is 2. The second-order valence-corrected chi connectivity index (χ2v) is 5.24. The molecule has 2 N–H and O–H groups in total. The molecule has 0 heterocycles. The average Bonchev–Trinajstić information content (AvgIpc) is 2.29. The molecule has 100 valence electrons. The van der Waals surface area contributed by atoms with Gasteiger partial charge in [0.05, 0.1) is 11.3 Å². The van der Waals surface area contributed by atoms with E-state index in [1.807, 2.05) is 19.0 Å². The zero-order valence-corrected chi connectivity index (χ0v) is 12.3. The number of amides is 1. The zero-order chi connectivity index (χ0) is 13.9. The molecule has 1 aromatic carbocycles. The van der Waals surface area contributed by atoms with Gasteiger partial charge in [0.2, 0.25) is 0 Å². The highest BCUT2D eigenvalue weighted by molar-refractivity contribution is 9.10. The van der Waals surface area contributed by atoms with Crippen LogP contribution >= 0.6 is 15.9 Å². The van der Waals surface area contributed by atoms with Crippen molar-refractivity contribution >= 4 is 27.5 Å². The number of hydrogen-bond donors (Lipinski definition) is 1. The molecule has 6 heteroatoms. The minimum atomic E-state index is -0.533. The van der Waals surface area contributed by atoms with Gasteiger partial charge in [-0.2, -0.15) is 0 Å². The molecule has 0 saturated heterocycles. The highest BCUT2D eigenvalue weighted by Crippen LogP contribution is 2.23. The lowest BCUT2D eigenvalue weighted by atomic mass is 10.1. The van der Waals surface area contributed by atoms with Crippen LogP contribution in [0.5, 0.6) is 0 Å². The van der Waals surface area contributed by atoms with Gasteiger partial charge in [0.25, 0.3) is 5.91 Å². The Morgan fingerprint density at radius 3 is 2.50 bits per heavy atom. The third kappa shape index (κ3) is 3.68. The fourth-order valence-electron chi connectivity index (χ4n) is 1.39. The van der Waals surface area contributed by atoms with Crippen molar-refractivity contribution in [1.82, 2.24) is 9.80 Å². The lowest BCUT2D eigenvalue weighted by Crippen LogP contribution is -2.33. The predicted molar refractivity (Wildman–Crippen MR) is 74.0 cm³/mol. The normalized spacial score (nSPS) is 10.8. The smallest absolute Gasteiger partial charge is 0.254 e. The molecule has 0 radical (unpaired) electrons. The van der Waals surface area contributed by atoms with Gasteiger partial charge in [-0.3, -0.25) is 4.79 Å². The summed E-state index contributed by atoms with van der Waals surface area (Å²) >= 11 is 3.18. The Labute approximate surface area is 115 Å². The second kappa shape index (κ2) is 6.15. The molecule has 0 bridgehead atoms. The van der Waals surface area contributed by atoms with E-state index in [4.69, 9.17) is 5.73 Å². The molecule has 0 aliphatic rings. The number of halogens is 2. The summed E-state index contributed by atoms with van der Waals surface area (Å²) in [6.07, 6.45) is 0. The molecular weight excluding hydrogens is 301 g/mol. The van der Waals surface area contributed by atoms with Crippen LogP contribution in [0, 0.1) is 5.82 Å². The summed E-state index contributed by atoms with van der Waals surface area (Å²) in [5.41, 5.74) is 5.82. The van der Waals surface area contributed by atoms with Crippen molar-refractivity contribution in [3.05, 3.63) is 28.0 Å². The standard InChI is InChI=1S/C12H17BrFN3O/c1-16(2)4-5-17(3)12(18)8-6-11(15)10(14)7-9(8)13/h6-7H,4-5,15H2,1-3H3. The molecule has 4 nitrogen and oxygen atoms in total. The van der Waals surface area contributed by atoms with Crippen molar-refractivity contribution in [3.8, 4) is 0 Å². The third-order valence-corrected chi connectivity index (χ3v) is 3.20. The lowest BCUT2D eigenvalue weighted by molar-refractivity contribution is 0.0785. The van der Waals surface area contributed by atoms with Crippen LogP contribution in [0.3, 0.4) is 0 Å². The van der Waals surface area contributed by atoms with Crippen molar-refractivity contribution < 1.29 is 9.18 Å². The van der Waals surface area contributed by atoms with E-state index < -0.39 is 5.82 Å². The zero-order valence-electron chi connectivity index (χ0n) is 10.7. The van der Waals surface area contributed by atoms with E-state index in [2.05, 4.69) is 15.9 Å². The summed E-state index contributed by atoms with van der Waals surface area (Å²) in [6.45, 7) is 1.35. The number of likely N-dealkylation sites (N-methyl/N-ethyl adjacent to an activating group) is 2. The highest BCUT2D eigenvalue weighted by Gasteiger charge is 2.17. The molecule has 0 aromatic heterocycles. The van der Waals surface area contributed by atoms with Crippen LogP contribution < -0.4 is 5.73 Å². The first kappa shape index (κ1) is 14.9. The van der Waals surface area contributed by atoms with Crippen LogP contribution in [0.25, 0.3) is 0 Å². The fourth-order valence-corrected chi connectivity index (χ4v) is 1.87. The van der Waals surface area contributed by atoms with Crippen LogP contribution in [0.4, 0.5) is 10.1 Å². The first-order valence-corrected chi connectivity index (χ1v) is 6.27. The van der Waals surface area contributed by atoms with Crippen LogP contribution in [-0.4, -0.2) is 49.9 Å². The van der Waals surface area contributed by atoms with Gasteiger partial charge in [0, 0.05) is 24.6 Å². The quantitative estimate of drug-likeness (QED) is 0.862. The maximum absolute atomic E-state index is 13.2. The summed E-state index contributed by atoms with van der Waals surface area (Å²) < 4.78 is 13.6. The van der Waals surface area contributed by atoms with Crippen LogP contribution in [0.2, 0.25) is 0 Å². The average molecular weight is 318 g/mol. The Morgan fingerprint density at radius 1 is 1.33 bits per heavy atom. The van der Waals surface area contributed by atoms with Crippen molar-refractivity contribution in [1.29, 1.82) is 0 Å². The summed E-state index contributed by atoms with van der Waals surface area (Å²) in [6, 6.07) is 2.57. The van der Waals surface area contributed by atoms with E-state index in [1.54, 1.807) is 11.9 Å². The maximum Gasteiger partial charge on any atom is 0.254 e. The van der Waals surface area contributed by atoms with Crippen molar-refractivity contribution in [2.45, 2.75) is 0 Å². The van der Waals surface area contributed by atoms with E-state index in [1.165, 1.54) is 12.1 Å². The number of nitrogen functional groups attached to an aromatic ring is 1. The van der Waals surface area contributed by atoms with E-state index in [9.17, 15) is 9.18 Å². The van der Waals surface area contributed by atoms with Crippen LogP contribution in [-0.2, 0) is 0 Å². The van der Waals surface area contributed by atoms with Gasteiger partial charge in [-0.05, 0) is 42.2 Å². The predicted octanol–water partition coefficient (Wildman–Crippen LogP) is 1.80. The molecule has 0 unspecified atom stereocenters. The Morgan fingerprint density at radius 2 is 1.94 bits per heavy atom. The molecule has 0 saturated carbocycles. The minimum Gasteiger partial charge on any atom is -0.396 e. The lowest BCUT2D eigenvalue weighted by Gasteiger charge is -2.20. The van der Waals surface area contributed by atoms with Crippen molar-refractivity contribution in [2.24, 2.45) is 0 Å². The van der Waals surface area contributed by atoms with Gasteiger partial charge < -0.3 is 15.5 Å². The summed E-state index contributed by atoms with van der Waals surface area (Å²) in [5, 5.41) is 0. The van der Waals surface area contributed by atoms with Gasteiger partial charge in [-0.15, -0.1) is 0 Å². The van der Waals surface area contributed by atoms with E-state index in [0.29, 0.717) is 16.6 Å². The third-order valence-electron chi connectivity index (χ3n) is 2.55. The van der Waals surface area contributed by atoms with Gasteiger partial charge in [-0.1, -0.05) is 0 Å². The Balaban J connectivity index is 2.87. The van der Waals surface area contributed by atoms with Crippen LogP contribution in [0.1, 0.15) is 10.4 Å². The molecule has 0 atom stereocenters. The largest absolute Gasteiger partial charge is 0.396 e. The van der Waals surface area contributed by atoms with E-state index in [-0.39, 0.29) is 11.6 Å². The molecule has 1 rings (SSSR count). The number of carbonyl (C=O) groups is 1. The Kier molecular flexibility index (Phi) is 5.10. The summed E-state index contributed by atoms with van der Waals surface area (Å²) in [7, 11) is 5.58. The number of rotatable bonds is 4. The van der Waals surface area contributed by atoms with Crippen molar-refractivity contribution in [2.75, 3.05) is 40.0 Å². The molecule has 1 amide bonds. The SMILES string of the molecule is CN(C)CCN(C)C(=O)c1cc(N)c(F)cc1Br. The van der Waals surface area contributed by atoms with E-state index in [0.717, 1.165) is 6.54 Å².